The van der Waals surface area contributed by atoms with Crippen molar-refractivity contribution in [1.82, 2.24) is 4.90 Å². The maximum Gasteiger partial charge on any atom is 0.264 e. The molecule has 2 aromatic carbocycles. The van der Waals surface area contributed by atoms with E-state index in [1.807, 2.05) is 12.1 Å². The van der Waals surface area contributed by atoms with E-state index in [0.29, 0.717) is 10.7 Å². The molecule has 1 aliphatic heterocycles. The van der Waals surface area contributed by atoms with Crippen LogP contribution in [0.25, 0.3) is 0 Å². The average Bonchev–Trinajstić information content (AvgIpc) is 3.26. The molecule has 8 heteroatoms. The van der Waals surface area contributed by atoms with Gasteiger partial charge < -0.3 is 4.74 Å². The van der Waals surface area contributed by atoms with Gasteiger partial charge in [0.2, 0.25) is 0 Å². The Hall–Kier alpha value is -1.90. The Kier molecular flexibility index (Phi) is 7.53. The van der Waals surface area contributed by atoms with Crippen LogP contribution in [-0.4, -0.2) is 39.6 Å². The lowest BCUT2D eigenvalue weighted by atomic mass is 10.2. The highest BCUT2D eigenvalue weighted by Crippen LogP contribution is 2.29. The van der Waals surface area contributed by atoms with E-state index in [2.05, 4.69) is 23.3 Å². The summed E-state index contributed by atoms with van der Waals surface area (Å²) in [6.45, 7) is 6.54. The topological polar surface area (TPSA) is 49.9 Å². The van der Waals surface area contributed by atoms with Crippen molar-refractivity contribution in [2.75, 3.05) is 30.6 Å². The van der Waals surface area contributed by atoms with Gasteiger partial charge in [-0.15, -0.1) is 11.3 Å². The van der Waals surface area contributed by atoms with Crippen LogP contribution in [0.5, 0.6) is 0 Å². The van der Waals surface area contributed by atoms with Crippen molar-refractivity contribution in [1.29, 1.82) is 0 Å². The molecule has 0 spiro atoms. The van der Waals surface area contributed by atoms with Crippen molar-refractivity contribution in [3.8, 4) is 0 Å². The molecular weight excluding hydrogens is 464 g/mol. The minimum atomic E-state index is -3.74. The SMILES string of the molecule is CCc1ccc(S(=O)(=O)N(Cc2cc(CN3CCOCC3)cs2)c2ccc(Cl)cc2)cc1. The fraction of sp³-hybridized carbons (Fsp3) is 0.333. The van der Waals surface area contributed by atoms with E-state index in [1.165, 1.54) is 9.87 Å². The lowest BCUT2D eigenvalue weighted by Gasteiger charge is -2.26. The third-order valence-corrected chi connectivity index (χ3v) is 8.56. The second-order valence-electron chi connectivity index (χ2n) is 7.80. The van der Waals surface area contributed by atoms with Gasteiger partial charge >= 0.3 is 0 Å². The quantitative estimate of drug-likeness (QED) is 0.436. The van der Waals surface area contributed by atoms with Crippen LogP contribution in [0.15, 0.2) is 64.9 Å². The van der Waals surface area contributed by atoms with Crippen LogP contribution in [0.1, 0.15) is 22.9 Å². The monoisotopic (exact) mass is 490 g/mol. The number of rotatable bonds is 8. The zero-order valence-electron chi connectivity index (χ0n) is 18.0. The number of halogens is 1. The molecule has 1 aliphatic rings. The Morgan fingerprint density at radius 3 is 2.38 bits per heavy atom. The minimum absolute atomic E-state index is 0.271. The molecule has 1 fully saturated rings. The molecule has 0 radical (unpaired) electrons. The molecule has 0 saturated carbocycles. The number of sulfonamides is 1. The first-order valence-corrected chi connectivity index (χ1v) is 13.4. The third kappa shape index (κ3) is 5.53. The largest absolute Gasteiger partial charge is 0.379 e. The number of benzene rings is 2. The predicted molar refractivity (Wildman–Crippen MR) is 131 cm³/mol. The number of thiophene rings is 1. The normalized spacial score (nSPS) is 15.1. The summed E-state index contributed by atoms with van der Waals surface area (Å²) in [5, 5.41) is 2.69. The maximum absolute atomic E-state index is 13.6. The zero-order chi connectivity index (χ0) is 22.6. The number of anilines is 1. The maximum atomic E-state index is 13.6. The van der Waals surface area contributed by atoms with E-state index < -0.39 is 10.0 Å². The van der Waals surface area contributed by atoms with Crippen LogP contribution in [0.3, 0.4) is 0 Å². The summed E-state index contributed by atoms with van der Waals surface area (Å²) < 4.78 is 34.1. The van der Waals surface area contributed by atoms with Crippen molar-refractivity contribution in [2.45, 2.75) is 31.3 Å². The van der Waals surface area contributed by atoms with Crippen molar-refractivity contribution in [2.24, 2.45) is 0 Å². The Balaban J connectivity index is 1.60. The first-order chi connectivity index (χ1) is 15.5. The lowest BCUT2D eigenvalue weighted by molar-refractivity contribution is 0.0342. The van der Waals surface area contributed by atoms with Gasteiger partial charge in [0.25, 0.3) is 10.0 Å². The molecule has 170 valence electrons. The fourth-order valence-corrected chi connectivity index (χ4v) is 6.22. The van der Waals surface area contributed by atoms with Gasteiger partial charge in [0.1, 0.15) is 0 Å². The molecule has 0 unspecified atom stereocenters. The van der Waals surface area contributed by atoms with Gasteiger partial charge in [-0.25, -0.2) is 8.42 Å². The van der Waals surface area contributed by atoms with Crippen LogP contribution in [0.4, 0.5) is 5.69 Å². The van der Waals surface area contributed by atoms with Gasteiger partial charge in [0.05, 0.1) is 30.3 Å². The fourth-order valence-electron chi connectivity index (χ4n) is 3.70. The van der Waals surface area contributed by atoms with Crippen LogP contribution in [0, 0.1) is 0 Å². The van der Waals surface area contributed by atoms with Crippen LogP contribution in [-0.2, 0) is 34.3 Å². The van der Waals surface area contributed by atoms with Crippen molar-refractivity contribution in [3.05, 3.63) is 81.0 Å². The van der Waals surface area contributed by atoms with Crippen LogP contribution in [0.2, 0.25) is 5.02 Å². The molecular formula is C24H27ClN2O3S2. The zero-order valence-corrected chi connectivity index (χ0v) is 20.4. The van der Waals surface area contributed by atoms with E-state index in [-0.39, 0.29) is 11.4 Å². The molecule has 5 nitrogen and oxygen atoms in total. The van der Waals surface area contributed by atoms with Gasteiger partial charge in [-0.1, -0.05) is 30.7 Å². The second-order valence-corrected chi connectivity index (χ2v) is 11.1. The predicted octanol–water partition coefficient (Wildman–Crippen LogP) is 5.19. The number of nitrogens with zero attached hydrogens (tertiary/aromatic N) is 2. The number of hydrogen-bond acceptors (Lipinski definition) is 5. The van der Waals surface area contributed by atoms with Crippen LogP contribution >= 0.6 is 22.9 Å². The third-order valence-electron chi connectivity index (χ3n) is 5.55. The molecule has 0 amide bonds. The Bertz CT molecular complexity index is 1120. The van der Waals surface area contributed by atoms with E-state index in [9.17, 15) is 8.42 Å². The van der Waals surface area contributed by atoms with Gasteiger partial charge in [-0.05, 0) is 65.4 Å². The summed E-state index contributed by atoms with van der Waals surface area (Å²) in [4.78, 5) is 3.64. The summed E-state index contributed by atoms with van der Waals surface area (Å²) in [6, 6.07) is 16.2. The first-order valence-electron chi connectivity index (χ1n) is 10.7. The van der Waals surface area contributed by atoms with Gasteiger partial charge in [0, 0.05) is 29.5 Å². The molecule has 2 heterocycles. The standard InChI is InChI=1S/C24H27ClN2O3S2/c1-2-19-3-9-24(10-4-19)32(28,29)27(22-7-5-21(25)6-8-22)17-23-15-20(18-31-23)16-26-11-13-30-14-12-26/h3-10,15,18H,2,11-14,16-17H2,1H3. The molecule has 0 aliphatic carbocycles. The summed E-state index contributed by atoms with van der Waals surface area (Å²) in [6.07, 6.45) is 0.863. The summed E-state index contributed by atoms with van der Waals surface area (Å²) in [7, 11) is -3.74. The summed E-state index contributed by atoms with van der Waals surface area (Å²) in [5.41, 5.74) is 2.90. The highest BCUT2D eigenvalue weighted by Gasteiger charge is 2.26. The molecule has 4 rings (SSSR count). The highest BCUT2D eigenvalue weighted by molar-refractivity contribution is 7.92. The van der Waals surface area contributed by atoms with Crippen LogP contribution < -0.4 is 4.31 Å². The first kappa shape index (κ1) is 23.3. The Morgan fingerprint density at radius 2 is 1.72 bits per heavy atom. The second kappa shape index (κ2) is 10.4. The van der Waals surface area contributed by atoms with E-state index in [4.69, 9.17) is 16.3 Å². The van der Waals surface area contributed by atoms with E-state index in [0.717, 1.165) is 49.7 Å². The van der Waals surface area contributed by atoms with Gasteiger partial charge in [-0.3, -0.25) is 9.21 Å². The van der Waals surface area contributed by atoms with E-state index >= 15 is 0 Å². The van der Waals surface area contributed by atoms with Gasteiger partial charge in [-0.2, -0.15) is 0 Å². The molecule has 32 heavy (non-hydrogen) atoms. The smallest absolute Gasteiger partial charge is 0.264 e. The van der Waals surface area contributed by atoms with Crippen molar-refractivity contribution in [3.63, 3.8) is 0 Å². The average molecular weight is 491 g/mol. The molecule has 0 N–H and O–H groups in total. The van der Waals surface area contributed by atoms with Crippen molar-refractivity contribution < 1.29 is 13.2 Å². The number of hydrogen-bond donors (Lipinski definition) is 0. The Morgan fingerprint density at radius 1 is 1.03 bits per heavy atom. The van der Waals surface area contributed by atoms with Crippen molar-refractivity contribution >= 4 is 38.6 Å². The Labute approximate surface area is 199 Å². The molecule has 1 saturated heterocycles. The molecule has 0 atom stereocenters. The van der Waals surface area contributed by atoms with Gasteiger partial charge in [0.15, 0.2) is 0 Å². The minimum Gasteiger partial charge on any atom is -0.379 e. The molecule has 0 bridgehead atoms. The lowest BCUT2D eigenvalue weighted by Crippen LogP contribution is -2.35. The number of morpholine rings is 1. The summed E-state index contributed by atoms with van der Waals surface area (Å²) >= 11 is 7.65. The van der Waals surface area contributed by atoms with E-state index in [1.54, 1.807) is 47.7 Å². The molecule has 1 aromatic heterocycles. The summed E-state index contributed by atoms with van der Waals surface area (Å²) in [5.74, 6) is 0. The highest BCUT2D eigenvalue weighted by atomic mass is 35.5. The molecule has 3 aromatic rings. The number of ether oxygens (including phenoxy) is 1. The number of aryl methyl sites for hydroxylation is 1.